The van der Waals surface area contributed by atoms with Crippen molar-refractivity contribution in [3.63, 3.8) is 0 Å². The maximum absolute atomic E-state index is 12.7. The molecule has 1 atom stereocenters. The summed E-state index contributed by atoms with van der Waals surface area (Å²) >= 11 is 0. The topological polar surface area (TPSA) is 32.8 Å². The lowest BCUT2D eigenvalue weighted by Gasteiger charge is -2.58. The first-order chi connectivity index (χ1) is 10.9. The number of carbonyl (C=O) groups excluding carboxylic acids is 1. The molecule has 2 heterocycles. The Morgan fingerprint density at radius 2 is 2.04 bits per heavy atom. The van der Waals surface area contributed by atoms with E-state index in [2.05, 4.69) is 25.8 Å². The van der Waals surface area contributed by atoms with Crippen molar-refractivity contribution in [3.8, 4) is 0 Å². The maximum Gasteiger partial charge on any atom is 0.253 e. The highest BCUT2D eigenvalue weighted by atomic mass is 16.5. The average molecular weight is 316 g/mol. The largest absolute Gasteiger partial charge is 0.384 e. The van der Waals surface area contributed by atoms with Crippen LogP contribution in [0, 0.1) is 19.8 Å². The molecule has 0 N–H and O–H groups in total. The molecule has 3 rings (SSSR count). The van der Waals surface area contributed by atoms with E-state index in [9.17, 15) is 4.79 Å². The van der Waals surface area contributed by atoms with Gasteiger partial charge < -0.3 is 9.64 Å². The summed E-state index contributed by atoms with van der Waals surface area (Å²) in [6.45, 7) is 7.76. The molecule has 0 bridgehead atoms. The Morgan fingerprint density at radius 1 is 1.30 bits per heavy atom. The molecule has 0 aliphatic carbocycles. The highest BCUT2D eigenvalue weighted by Gasteiger charge is 2.50. The minimum atomic E-state index is 0.164. The summed E-state index contributed by atoms with van der Waals surface area (Å²) in [5.74, 6) is 0.788. The third-order valence-electron chi connectivity index (χ3n) is 5.76. The number of nitrogens with zero attached hydrogens (tertiary/aromatic N) is 2. The van der Waals surface area contributed by atoms with E-state index in [1.807, 2.05) is 23.1 Å². The number of likely N-dealkylation sites (tertiary alicyclic amines) is 2. The van der Waals surface area contributed by atoms with Gasteiger partial charge in [0.1, 0.15) is 0 Å². The first-order valence-corrected chi connectivity index (χ1v) is 8.52. The molecular formula is C19H28N2O2. The number of carbonyl (C=O) groups is 1. The molecule has 4 nitrogen and oxygen atoms in total. The van der Waals surface area contributed by atoms with Crippen molar-refractivity contribution in [1.82, 2.24) is 9.80 Å². The third kappa shape index (κ3) is 3.02. The van der Waals surface area contributed by atoms with Gasteiger partial charge in [0.15, 0.2) is 0 Å². The molecule has 1 aromatic rings. The molecular weight excluding hydrogens is 288 g/mol. The van der Waals surface area contributed by atoms with Crippen LogP contribution in [0.5, 0.6) is 0 Å². The van der Waals surface area contributed by atoms with Crippen molar-refractivity contribution in [3.05, 3.63) is 34.9 Å². The predicted octanol–water partition coefficient (Wildman–Crippen LogP) is 2.49. The lowest BCUT2D eigenvalue weighted by atomic mass is 9.75. The molecule has 1 aromatic carbocycles. The van der Waals surface area contributed by atoms with Crippen LogP contribution in [0.1, 0.15) is 34.3 Å². The molecule has 2 aliphatic rings. The fourth-order valence-corrected chi connectivity index (χ4v) is 4.02. The lowest BCUT2D eigenvalue weighted by Crippen LogP contribution is -2.72. The predicted molar refractivity (Wildman–Crippen MR) is 91.8 cm³/mol. The smallest absolute Gasteiger partial charge is 0.253 e. The zero-order chi connectivity index (χ0) is 16.6. The molecule has 0 radical (unpaired) electrons. The fraction of sp³-hybridized carbons (Fsp3) is 0.632. The van der Waals surface area contributed by atoms with Crippen LogP contribution in [-0.2, 0) is 4.74 Å². The Hall–Kier alpha value is -1.39. The Kier molecular flexibility index (Phi) is 4.47. The van der Waals surface area contributed by atoms with Gasteiger partial charge in [-0.2, -0.15) is 0 Å². The highest BCUT2D eigenvalue weighted by molar-refractivity contribution is 5.95. The van der Waals surface area contributed by atoms with Crippen LogP contribution < -0.4 is 0 Å². The van der Waals surface area contributed by atoms with Gasteiger partial charge in [-0.15, -0.1) is 0 Å². The van der Waals surface area contributed by atoms with E-state index in [4.69, 9.17) is 4.74 Å². The number of aryl methyl sites for hydroxylation is 2. The summed E-state index contributed by atoms with van der Waals surface area (Å²) in [4.78, 5) is 17.2. The number of methoxy groups -OCH3 is 1. The molecule has 0 saturated carbocycles. The summed E-state index contributed by atoms with van der Waals surface area (Å²) in [6.07, 6.45) is 2.32. The standard InChI is InChI=1S/C19H28N2O2/c1-14-5-6-17(9-15(14)2)18(22)21-12-19(13-21)10-16(11-23-4)7-8-20(19)3/h5-6,9,16H,7-8,10-13H2,1-4H3/t16-/m1/s1. The normalized spacial score (nSPS) is 23.8. The Balaban J connectivity index is 1.67. The van der Waals surface area contributed by atoms with Gasteiger partial charge in [0, 0.05) is 32.4 Å². The number of likely N-dealkylation sites (N-methyl/N-ethyl adjacent to an activating group) is 1. The molecule has 4 heteroatoms. The minimum absolute atomic E-state index is 0.164. The van der Waals surface area contributed by atoms with E-state index in [-0.39, 0.29) is 11.4 Å². The van der Waals surface area contributed by atoms with Gasteiger partial charge in [-0.1, -0.05) is 6.07 Å². The second-order valence-corrected chi connectivity index (χ2v) is 7.42. The van der Waals surface area contributed by atoms with E-state index in [0.29, 0.717) is 5.92 Å². The van der Waals surface area contributed by atoms with Gasteiger partial charge in [0.2, 0.25) is 0 Å². The van der Waals surface area contributed by atoms with Crippen molar-refractivity contribution < 1.29 is 9.53 Å². The first-order valence-electron chi connectivity index (χ1n) is 8.52. The van der Waals surface area contributed by atoms with Gasteiger partial charge in [-0.05, 0) is 69.5 Å². The third-order valence-corrected chi connectivity index (χ3v) is 5.76. The Morgan fingerprint density at radius 3 is 2.70 bits per heavy atom. The summed E-state index contributed by atoms with van der Waals surface area (Å²) < 4.78 is 5.35. The molecule has 2 aliphatic heterocycles. The number of benzene rings is 1. The summed E-state index contributed by atoms with van der Waals surface area (Å²) in [6, 6.07) is 6.01. The first kappa shape index (κ1) is 16.5. The van der Waals surface area contributed by atoms with E-state index >= 15 is 0 Å². The SMILES string of the molecule is COC[C@@H]1CCN(C)C2(C1)CN(C(=O)c1ccc(C)c(C)c1)C2. The van der Waals surface area contributed by atoms with Crippen molar-refractivity contribution >= 4 is 5.91 Å². The molecule has 0 aromatic heterocycles. The van der Waals surface area contributed by atoms with Crippen LogP contribution in [0.15, 0.2) is 18.2 Å². The molecule has 1 spiro atoms. The zero-order valence-electron chi connectivity index (χ0n) is 14.8. The fourth-order valence-electron chi connectivity index (χ4n) is 4.02. The lowest BCUT2D eigenvalue weighted by molar-refractivity contribution is -0.0731. The summed E-state index contributed by atoms with van der Waals surface area (Å²) in [5.41, 5.74) is 3.39. The molecule has 126 valence electrons. The van der Waals surface area contributed by atoms with Crippen LogP contribution >= 0.6 is 0 Å². The van der Waals surface area contributed by atoms with Crippen LogP contribution in [-0.4, -0.2) is 61.6 Å². The quantitative estimate of drug-likeness (QED) is 0.859. The van der Waals surface area contributed by atoms with Crippen LogP contribution in [0.4, 0.5) is 0 Å². The molecule has 2 fully saturated rings. The monoisotopic (exact) mass is 316 g/mol. The number of hydrogen-bond donors (Lipinski definition) is 0. The van der Waals surface area contributed by atoms with Gasteiger partial charge in [0.25, 0.3) is 5.91 Å². The van der Waals surface area contributed by atoms with Crippen LogP contribution in [0.3, 0.4) is 0 Å². The van der Waals surface area contributed by atoms with Crippen molar-refractivity contribution in [2.24, 2.45) is 5.92 Å². The van der Waals surface area contributed by atoms with E-state index in [1.54, 1.807) is 7.11 Å². The van der Waals surface area contributed by atoms with Crippen molar-refractivity contribution in [2.75, 3.05) is 40.4 Å². The molecule has 23 heavy (non-hydrogen) atoms. The summed E-state index contributed by atoms with van der Waals surface area (Å²) in [7, 11) is 3.97. The maximum atomic E-state index is 12.7. The van der Waals surface area contributed by atoms with Gasteiger partial charge >= 0.3 is 0 Å². The Labute approximate surface area is 139 Å². The zero-order valence-corrected chi connectivity index (χ0v) is 14.8. The molecule has 2 saturated heterocycles. The van der Waals surface area contributed by atoms with Gasteiger partial charge in [-0.25, -0.2) is 0 Å². The minimum Gasteiger partial charge on any atom is -0.384 e. The molecule has 0 unspecified atom stereocenters. The number of rotatable bonds is 3. The van der Waals surface area contributed by atoms with E-state index < -0.39 is 0 Å². The van der Waals surface area contributed by atoms with Crippen LogP contribution in [0.2, 0.25) is 0 Å². The van der Waals surface area contributed by atoms with Gasteiger partial charge in [-0.3, -0.25) is 9.69 Å². The summed E-state index contributed by atoms with van der Waals surface area (Å²) in [5, 5.41) is 0. The van der Waals surface area contributed by atoms with Crippen LogP contribution in [0.25, 0.3) is 0 Å². The van der Waals surface area contributed by atoms with Crippen molar-refractivity contribution in [2.45, 2.75) is 32.2 Å². The van der Waals surface area contributed by atoms with Crippen molar-refractivity contribution in [1.29, 1.82) is 0 Å². The highest BCUT2D eigenvalue weighted by Crippen LogP contribution is 2.38. The number of piperidine rings is 1. The average Bonchev–Trinajstić information content (AvgIpc) is 2.49. The van der Waals surface area contributed by atoms with E-state index in [1.165, 1.54) is 17.5 Å². The molecule has 1 amide bonds. The second-order valence-electron chi connectivity index (χ2n) is 7.42. The van der Waals surface area contributed by atoms with Gasteiger partial charge in [0.05, 0.1) is 5.54 Å². The Bertz CT molecular complexity index is 593. The number of amides is 1. The number of ether oxygens (including phenoxy) is 1. The second kappa shape index (κ2) is 6.25. The van der Waals surface area contributed by atoms with E-state index in [0.717, 1.165) is 38.2 Å². The number of hydrogen-bond acceptors (Lipinski definition) is 3.